The van der Waals surface area contributed by atoms with Crippen LogP contribution in [-0.4, -0.2) is 33.7 Å². The normalized spacial score (nSPS) is 10.6. The predicted octanol–water partition coefficient (Wildman–Crippen LogP) is 4.08. The van der Waals surface area contributed by atoms with Gasteiger partial charge in [0.1, 0.15) is 5.75 Å². The number of carbonyl (C=O) groups excluding carboxylic acids is 1. The van der Waals surface area contributed by atoms with Crippen LogP contribution < -0.4 is 4.74 Å². The van der Waals surface area contributed by atoms with E-state index in [1.807, 2.05) is 19.9 Å². The average Bonchev–Trinajstić information content (AvgIpc) is 3.19. The number of nitriles is 1. The molecule has 1 aromatic heterocycles. The van der Waals surface area contributed by atoms with E-state index < -0.39 is 0 Å². The van der Waals surface area contributed by atoms with Crippen molar-refractivity contribution in [2.45, 2.75) is 26.4 Å². The van der Waals surface area contributed by atoms with E-state index in [1.54, 1.807) is 53.4 Å². The Morgan fingerprint density at radius 1 is 1.17 bits per heavy atom. The molecule has 2 aromatic carbocycles. The van der Waals surface area contributed by atoms with Gasteiger partial charge in [-0.1, -0.05) is 11.6 Å². The first-order valence-corrected chi connectivity index (χ1v) is 9.35. The van der Waals surface area contributed by atoms with Crippen LogP contribution in [0.2, 0.25) is 5.02 Å². The molecule has 0 aliphatic rings. The van der Waals surface area contributed by atoms with E-state index in [9.17, 15) is 4.79 Å². The Hall–Kier alpha value is -3.37. The van der Waals surface area contributed by atoms with Gasteiger partial charge in [-0.15, -0.1) is 10.2 Å². The number of carbonyl (C=O) groups is 1. The minimum absolute atomic E-state index is 0.0852. The Bertz CT molecular complexity index is 1010. The number of amides is 1. The molecule has 0 aliphatic heterocycles. The first-order valence-electron chi connectivity index (χ1n) is 8.97. The first kappa shape index (κ1) is 20.4. The summed E-state index contributed by atoms with van der Waals surface area (Å²) < 4.78 is 11.2. The summed E-state index contributed by atoms with van der Waals surface area (Å²) in [4.78, 5) is 14.2. The maximum Gasteiger partial charge on any atom is 0.261 e. The smallest absolute Gasteiger partial charge is 0.261 e. The van der Waals surface area contributed by atoms with Crippen LogP contribution in [0.1, 0.15) is 25.3 Å². The lowest BCUT2D eigenvalue weighted by atomic mass is 10.2. The lowest BCUT2D eigenvalue weighted by Crippen LogP contribution is -2.39. The molecule has 0 spiro atoms. The van der Waals surface area contributed by atoms with E-state index in [4.69, 9.17) is 26.0 Å². The highest BCUT2D eigenvalue weighted by Gasteiger charge is 2.21. The first-order chi connectivity index (χ1) is 14.0. The molecule has 0 saturated heterocycles. The molecule has 7 nitrogen and oxygen atoms in total. The fourth-order valence-electron chi connectivity index (χ4n) is 2.58. The van der Waals surface area contributed by atoms with Gasteiger partial charge in [-0.2, -0.15) is 5.26 Å². The molecule has 0 atom stereocenters. The van der Waals surface area contributed by atoms with Crippen LogP contribution in [0.15, 0.2) is 52.9 Å². The molecule has 148 valence electrons. The van der Waals surface area contributed by atoms with Crippen molar-refractivity contribution in [3.8, 4) is 23.3 Å². The monoisotopic (exact) mass is 410 g/mol. The third kappa shape index (κ3) is 5.33. The average molecular weight is 411 g/mol. The molecule has 29 heavy (non-hydrogen) atoms. The Morgan fingerprint density at radius 3 is 2.48 bits per heavy atom. The quantitative estimate of drug-likeness (QED) is 0.582. The van der Waals surface area contributed by atoms with Gasteiger partial charge in [-0.05, 0) is 62.4 Å². The fourth-order valence-corrected chi connectivity index (χ4v) is 2.71. The van der Waals surface area contributed by atoms with Gasteiger partial charge >= 0.3 is 0 Å². The molecule has 3 aromatic rings. The number of hydrogen-bond donors (Lipinski definition) is 0. The number of ether oxygens (including phenoxy) is 1. The van der Waals surface area contributed by atoms with Crippen LogP contribution in [-0.2, 0) is 11.3 Å². The molecule has 0 fully saturated rings. The van der Waals surface area contributed by atoms with Crippen LogP contribution in [0.5, 0.6) is 5.75 Å². The summed E-state index contributed by atoms with van der Waals surface area (Å²) in [7, 11) is 0. The number of rotatable bonds is 7. The molecular weight excluding hydrogens is 392 g/mol. The number of benzene rings is 2. The molecule has 0 radical (unpaired) electrons. The predicted molar refractivity (Wildman–Crippen MR) is 107 cm³/mol. The minimum Gasteiger partial charge on any atom is -0.484 e. The van der Waals surface area contributed by atoms with E-state index in [0.717, 1.165) is 5.56 Å². The molecule has 1 heterocycles. The van der Waals surface area contributed by atoms with Gasteiger partial charge in [0.25, 0.3) is 5.91 Å². The fraction of sp³-hybridized carbons (Fsp3) is 0.238. The zero-order valence-corrected chi connectivity index (χ0v) is 16.8. The Labute approximate surface area is 173 Å². The Kier molecular flexibility index (Phi) is 6.47. The lowest BCUT2D eigenvalue weighted by Gasteiger charge is -2.25. The number of hydrogen-bond acceptors (Lipinski definition) is 6. The van der Waals surface area contributed by atoms with E-state index in [2.05, 4.69) is 10.2 Å². The van der Waals surface area contributed by atoms with Crippen molar-refractivity contribution >= 4 is 17.5 Å². The van der Waals surface area contributed by atoms with Gasteiger partial charge in [-0.3, -0.25) is 4.79 Å². The van der Waals surface area contributed by atoms with Crippen LogP contribution >= 0.6 is 11.6 Å². The highest BCUT2D eigenvalue weighted by molar-refractivity contribution is 6.30. The van der Waals surface area contributed by atoms with E-state index >= 15 is 0 Å². The second-order valence-corrected chi connectivity index (χ2v) is 6.98. The zero-order chi connectivity index (χ0) is 20.8. The molecule has 0 N–H and O–H groups in total. The van der Waals surface area contributed by atoms with Crippen molar-refractivity contribution in [3.05, 3.63) is 65.0 Å². The highest BCUT2D eigenvalue weighted by atomic mass is 35.5. The molecule has 8 heteroatoms. The van der Waals surface area contributed by atoms with E-state index in [-0.39, 0.29) is 25.1 Å². The van der Waals surface area contributed by atoms with Gasteiger partial charge in [0.2, 0.25) is 11.8 Å². The Balaban J connectivity index is 1.64. The van der Waals surface area contributed by atoms with Gasteiger partial charge < -0.3 is 14.1 Å². The number of halogens is 1. The second-order valence-electron chi connectivity index (χ2n) is 6.55. The highest BCUT2D eigenvalue weighted by Crippen LogP contribution is 2.21. The van der Waals surface area contributed by atoms with E-state index in [0.29, 0.717) is 28.1 Å². The third-order valence-electron chi connectivity index (χ3n) is 4.15. The maximum absolute atomic E-state index is 12.6. The molecule has 0 unspecified atom stereocenters. The van der Waals surface area contributed by atoms with Crippen LogP contribution in [0.4, 0.5) is 0 Å². The summed E-state index contributed by atoms with van der Waals surface area (Å²) in [5.41, 5.74) is 1.28. The third-order valence-corrected chi connectivity index (χ3v) is 4.41. The van der Waals surface area contributed by atoms with Crippen LogP contribution in [0.25, 0.3) is 11.5 Å². The zero-order valence-electron chi connectivity index (χ0n) is 16.0. The summed E-state index contributed by atoms with van der Waals surface area (Å²) in [6, 6.07) is 15.6. The van der Waals surface area contributed by atoms with Crippen molar-refractivity contribution in [1.82, 2.24) is 15.1 Å². The Morgan fingerprint density at radius 2 is 1.86 bits per heavy atom. The summed E-state index contributed by atoms with van der Waals surface area (Å²) in [6.45, 7) is 3.84. The maximum atomic E-state index is 12.6. The van der Waals surface area contributed by atoms with Gasteiger partial charge in [0, 0.05) is 16.6 Å². The summed E-state index contributed by atoms with van der Waals surface area (Å²) >= 11 is 5.90. The van der Waals surface area contributed by atoms with Gasteiger partial charge in [0.15, 0.2) is 6.61 Å². The van der Waals surface area contributed by atoms with Crippen molar-refractivity contribution in [1.29, 1.82) is 5.26 Å². The van der Waals surface area contributed by atoms with Crippen molar-refractivity contribution in [2.75, 3.05) is 6.61 Å². The number of nitrogens with zero attached hydrogens (tertiary/aromatic N) is 4. The van der Waals surface area contributed by atoms with Gasteiger partial charge in [-0.25, -0.2) is 0 Å². The van der Waals surface area contributed by atoms with Crippen LogP contribution in [0.3, 0.4) is 0 Å². The summed E-state index contributed by atoms with van der Waals surface area (Å²) in [5, 5.41) is 17.5. The van der Waals surface area contributed by atoms with Crippen molar-refractivity contribution in [3.63, 3.8) is 0 Å². The van der Waals surface area contributed by atoms with Crippen molar-refractivity contribution in [2.24, 2.45) is 0 Å². The van der Waals surface area contributed by atoms with Crippen LogP contribution in [0, 0.1) is 11.3 Å². The minimum atomic E-state index is -0.212. The largest absolute Gasteiger partial charge is 0.484 e. The van der Waals surface area contributed by atoms with E-state index in [1.165, 1.54) is 0 Å². The second kappa shape index (κ2) is 9.22. The molecule has 3 rings (SSSR count). The van der Waals surface area contributed by atoms with Gasteiger partial charge in [0.05, 0.1) is 18.2 Å². The van der Waals surface area contributed by atoms with Crippen molar-refractivity contribution < 1.29 is 13.9 Å². The molecular formula is C21H19ClN4O3. The lowest BCUT2D eigenvalue weighted by molar-refractivity contribution is -0.136. The number of aromatic nitrogens is 2. The summed E-state index contributed by atoms with van der Waals surface area (Å²) in [5.74, 6) is 0.997. The molecule has 0 saturated carbocycles. The standard InChI is InChI=1S/C21H19ClN4O3/c1-14(2)26(20(27)13-28-18-9-3-15(11-23)4-10-18)12-19-24-25-21(29-19)16-5-7-17(22)8-6-16/h3-10,14H,12-13H2,1-2H3. The molecule has 0 bridgehead atoms. The summed E-state index contributed by atoms with van der Waals surface area (Å²) in [6.07, 6.45) is 0. The molecule has 0 aliphatic carbocycles. The topological polar surface area (TPSA) is 92.2 Å². The SMILES string of the molecule is CC(C)N(Cc1nnc(-c2ccc(Cl)cc2)o1)C(=O)COc1ccc(C#N)cc1. The molecule has 1 amide bonds.